The maximum Gasteiger partial charge on any atom is 0.152 e. The first kappa shape index (κ1) is 14.4. The van der Waals surface area contributed by atoms with Gasteiger partial charge in [0.15, 0.2) is 5.15 Å². The molecule has 1 heterocycles. The molecule has 0 fully saturated rings. The Hall–Kier alpha value is -1.06. The molecular weight excluding hydrogens is 324 g/mol. The van der Waals surface area contributed by atoms with E-state index in [1.807, 2.05) is 6.07 Å². The number of rotatable bonds is 3. The minimum Gasteiger partial charge on any atom is -0.376 e. The van der Waals surface area contributed by atoms with Gasteiger partial charge in [0.05, 0.1) is 5.69 Å². The molecule has 0 aliphatic carbocycles. The van der Waals surface area contributed by atoms with Gasteiger partial charge in [0, 0.05) is 16.7 Å². The van der Waals surface area contributed by atoms with E-state index in [1.165, 1.54) is 16.7 Å². The van der Waals surface area contributed by atoms with Crippen molar-refractivity contribution >= 4 is 33.2 Å². The third-order valence-corrected chi connectivity index (χ3v) is 3.66. The van der Waals surface area contributed by atoms with Crippen molar-refractivity contribution in [1.82, 2.24) is 4.98 Å². The summed E-state index contributed by atoms with van der Waals surface area (Å²) in [6.07, 6.45) is 1.69. The third kappa shape index (κ3) is 3.71. The molecule has 0 amide bonds. The van der Waals surface area contributed by atoms with Crippen LogP contribution in [0.3, 0.4) is 0 Å². The van der Waals surface area contributed by atoms with Crippen LogP contribution in [0.15, 0.2) is 34.9 Å². The topological polar surface area (TPSA) is 24.9 Å². The molecule has 2 rings (SSSR count). The lowest BCUT2D eigenvalue weighted by Crippen LogP contribution is -2.08. The van der Waals surface area contributed by atoms with Gasteiger partial charge in [-0.25, -0.2) is 4.98 Å². The van der Waals surface area contributed by atoms with E-state index in [0.29, 0.717) is 5.15 Å². The Morgan fingerprint density at radius 3 is 2.42 bits per heavy atom. The average Bonchev–Trinajstić information content (AvgIpc) is 2.32. The predicted octanol–water partition coefficient (Wildman–Crippen LogP) is 5.29. The van der Waals surface area contributed by atoms with Crippen molar-refractivity contribution in [2.24, 2.45) is 0 Å². The van der Waals surface area contributed by atoms with Gasteiger partial charge in [0.1, 0.15) is 0 Å². The molecule has 100 valence electrons. The second kappa shape index (κ2) is 5.93. The van der Waals surface area contributed by atoms with Gasteiger partial charge in [-0.15, -0.1) is 0 Å². The fraction of sp³-hybridized carbons (Fsp3) is 0.267. The summed E-state index contributed by atoms with van der Waals surface area (Å²) in [4.78, 5) is 4.12. The molecule has 1 aromatic carbocycles. The van der Waals surface area contributed by atoms with Gasteiger partial charge in [-0.2, -0.15) is 0 Å². The smallest absolute Gasteiger partial charge is 0.152 e. The van der Waals surface area contributed by atoms with Crippen molar-refractivity contribution in [3.63, 3.8) is 0 Å². The van der Waals surface area contributed by atoms with Gasteiger partial charge in [0.2, 0.25) is 0 Å². The Morgan fingerprint density at radius 2 is 1.79 bits per heavy atom. The van der Waals surface area contributed by atoms with Crippen LogP contribution in [0.2, 0.25) is 5.15 Å². The van der Waals surface area contributed by atoms with Crippen molar-refractivity contribution in [2.45, 2.75) is 26.8 Å². The number of nitrogens with zero attached hydrogens (tertiary/aromatic N) is 1. The molecule has 1 N–H and O–H groups in total. The molecule has 2 nitrogen and oxygen atoms in total. The summed E-state index contributed by atoms with van der Waals surface area (Å²) in [6.45, 7) is 6.33. The van der Waals surface area contributed by atoms with E-state index in [9.17, 15) is 0 Å². The summed E-state index contributed by atoms with van der Waals surface area (Å²) in [5.74, 6) is 0. The standard InChI is InChI=1S/C15H16BrClN2/c1-9-4-10(2)6-12(5-9)11(3)19-14-7-13(16)8-18-15(14)17/h4-8,11,19H,1-3H3. The molecule has 0 saturated carbocycles. The summed E-state index contributed by atoms with van der Waals surface area (Å²) >= 11 is 9.50. The van der Waals surface area contributed by atoms with E-state index in [0.717, 1.165) is 10.2 Å². The lowest BCUT2D eigenvalue weighted by molar-refractivity contribution is 0.878. The number of pyridine rings is 1. The molecular formula is C15H16BrClN2. The molecule has 0 radical (unpaired) electrons. The van der Waals surface area contributed by atoms with Gasteiger partial charge in [-0.1, -0.05) is 40.9 Å². The first-order chi connectivity index (χ1) is 8.95. The Labute approximate surface area is 127 Å². The van der Waals surface area contributed by atoms with Crippen LogP contribution in [0.5, 0.6) is 0 Å². The lowest BCUT2D eigenvalue weighted by atomic mass is 10.0. The van der Waals surface area contributed by atoms with Crippen LogP contribution >= 0.6 is 27.5 Å². The number of hydrogen-bond acceptors (Lipinski definition) is 2. The van der Waals surface area contributed by atoms with Gasteiger partial charge in [-0.3, -0.25) is 0 Å². The zero-order valence-electron chi connectivity index (χ0n) is 11.2. The van der Waals surface area contributed by atoms with Crippen molar-refractivity contribution in [2.75, 3.05) is 5.32 Å². The summed E-state index contributed by atoms with van der Waals surface area (Å²) < 4.78 is 0.909. The Balaban J connectivity index is 2.25. The normalized spacial score (nSPS) is 12.3. The van der Waals surface area contributed by atoms with Crippen LogP contribution in [0.25, 0.3) is 0 Å². The van der Waals surface area contributed by atoms with Crippen LogP contribution in [0, 0.1) is 13.8 Å². The quantitative estimate of drug-likeness (QED) is 0.769. The number of benzene rings is 1. The third-order valence-electron chi connectivity index (χ3n) is 2.92. The van der Waals surface area contributed by atoms with Crippen LogP contribution in [0.4, 0.5) is 5.69 Å². The molecule has 2 aromatic rings. The molecule has 19 heavy (non-hydrogen) atoms. The Kier molecular flexibility index (Phi) is 4.48. The fourth-order valence-electron chi connectivity index (χ4n) is 2.10. The van der Waals surface area contributed by atoms with Gasteiger partial charge in [-0.05, 0) is 48.3 Å². The minimum atomic E-state index is 0.173. The zero-order valence-corrected chi connectivity index (χ0v) is 13.5. The van der Waals surface area contributed by atoms with Crippen molar-refractivity contribution in [1.29, 1.82) is 0 Å². The van der Waals surface area contributed by atoms with Crippen LogP contribution in [-0.2, 0) is 0 Å². The Morgan fingerprint density at radius 1 is 1.16 bits per heavy atom. The first-order valence-corrected chi connectivity index (χ1v) is 7.28. The van der Waals surface area contributed by atoms with Crippen LogP contribution in [0.1, 0.15) is 29.7 Å². The number of halogens is 2. The number of hydrogen-bond donors (Lipinski definition) is 1. The fourth-order valence-corrected chi connectivity index (χ4v) is 2.59. The molecule has 0 saturated heterocycles. The zero-order chi connectivity index (χ0) is 14.0. The van der Waals surface area contributed by atoms with E-state index in [2.05, 4.69) is 65.2 Å². The summed E-state index contributed by atoms with van der Waals surface area (Å²) in [7, 11) is 0. The average molecular weight is 340 g/mol. The van der Waals surface area contributed by atoms with E-state index in [4.69, 9.17) is 11.6 Å². The van der Waals surface area contributed by atoms with E-state index in [-0.39, 0.29) is 6.04 Å². The number of aromatic nitrogens is 1. The predicted molar refractivity (Wildman–Crippen MR) is 84.9 cm³/mol. The maximum absolute atomic E-state index is 6.10. The number of aryl methyl sites for hydroxylation is 2. The van der Waals surface area contributed by atoms with Crippen LogP contribution in [-0.4, -0.2) is 4.98 Å². The molecule has 0 aliphatic heterocycles. The minimum absolute atomic E-state index is 0.173. The monoisotopic (exact) mass is 338 g/mol. The summed E-state index contributed by atoms with van der Waals surface area (Å²) in [5, 5.41) is 3.88. The highest BCUT2D eigenvalue weighted by molar-refractivity contribution is 9.10. The second-order valence-electron chi connectivity index (χ2n) is 4.78. The van der Waals surface area contributed by atoms with E-state index in [1.54, 1.807) is 6.20 Å². The molecule has 1 unspecified atom stereocenters. The lowest BCUT2D eigenvalue weighted by Gasteiger charge is -2.17. The largest absolute Gasteiger partial charge is 0.376 e. The molecule has 1 atom stereocenters. The maximum atomic E-state index is 6.10. The molecule has 0 bridgehead atoms. The Bertz CT molecular complexity index is 578. The van der Waals surface area contributed by atoms with Gasteiger partial charge >= 0.3 is 0 Å². The van der Waals surface area contributed by atoms with Gasteiger partial charge < -0.3 is 5.32 Å². The SMILES string of the molecule is Cc1cc(C)cc(C(C)Nc2cc(Br)cnc2Cl)c1. The summed E-state index contributed by atoms with van der Waals surface area (Å²) in [6, 6.07) is 8.65. The highest BCUT2D eigenvalue weighted by atomic mass is 79.9. The number of anilines is 1. The molecule has 0 spiro atoms. The van der Waals surface area contributed by atoms with Crippen LogP contribution < -0.4 is 5.32 Å². The molecule has 0 aliphatic rings. The number of nitrogens with one attached hydrogen (secondary N) is 1. The van der Waals surface area contributed by atoms with E-state index >= 15 is 0 Å². The molecule has 1 aromatic heterocycles. The highest BCUT2D eigenvalue weighted by Gasteiger charge is 2.09. The van der Waals surface area contributed by atoms with E-state index < -0.39 is 0 Å². The van der Waals surface area contributed by atoms with Crippen molar-refractivity contribution in [3.05, 3.63) is 56.8 Å². The second-order valence-corrected chi connectivity index (χ2v) is 6.05. The van der Waals surface area contributed by atoms with Crippen molar-refractivity contribution in [3.8, 4) is 0 Å². The van der Waals surface area contributed by atoms with Gasteiger partial charge in [0.25, 0.3) is 0 Å². The first-order valence-electron chi connectivity index (χ1n) is 6.11. The van der Waals surface area contributed by atoms with Crippen molar-refractivity contribution < 1.29 is 0 Å². The summed E-state index contributed by atoms with van der Waals surface area (Å²) in [5.41, 5.74) is 4.61. The highest BCUT2D eigenvalue weighted by Crippen LogP contribution is 2.27. The molecule has 4 heteroatoms.